The molecule has 0 aromatic heterocycles. The van der Waals surface area contributed by atoms with Crippen LogP contribution in [0.5, 0.6) is 0 Å². The van der Waals surface area contributed by atoms with Crippen molar-refractivity contribution in [2.45, 2.75) is 277 Å². The van der Waals surface area contributed by atoms with E-state index in [4.69, 9.17) is 18.5 Å². The molecule has 0 aromatic rings. The maximum absolute atomic E-state index is 12.8. The lowest BCUT2D eigenvalue weighted by Crippen LogP contribution is -2.37. The van der Waals surface area contributed by atoms with Gasteiger partial charge in [0.1, 0.15) is 19.8 Å². The summed E-state index contributed by atoms with van der Waals surface area (Å²) in [6, 6.07) is 0. The second-order valence-electron chi connectivity index (χ2n) is 23.5. The topological polar surface area (TPSA) is 108 Å². The molecule has 0 fully saturated rings. The summed E-state index contributed by atoms with van der Waals surface area (Å²) in [5.41, 5.74) is 0. The molecule has 9 nitrogen and oxygen atoms in total. The van der Waals surface area contributed by atoms with Crippen LogP contribution in [-0.2, 0) is 32.7 Å². The van der Waals surface area contributed by atoms with E-state index in [2.05, 4.69) is 148 Å². The van der Waals surface area contributed by atoms with Crippen LogP contribution in [0, 0.1) is 0 Å². The minimum absolute atomic E-state index is 0.0167. The Morgan fingerprint density at radius 1 is 0.381 bits per heavy atom. The zero-order valence-corrected chi connectivity index (χ0v) is 55.5. The Hall–Kier alpha value is -3.85. The molecule has 0 heterocycles. The van der Waals surface area contributed by atoms with E-state index >= 15 is 0 Å². The third-order valence-electron chi connectivity index (χ3n) is 14.2. The molecule has 10 heteroatoms. The van der Waals surface area contributed by atoms with E-state index in [1.165, 1.54) is 141 Å². The largest absolute Gasteiger partial charge is 0.472 e. The Kier molecular flexibility index (Phi) is 60.7. The lowest BCUT2D eigenvalue weighted by Gasteiger charge is -2.24. The molecular weight excluding hydrogens is 1060 g/mol. The Balaban J connectivity index is 4.21. The van der Waals surface area contributed by atoms with Gasteiger partial charge in [0.05, 0.1) is 27.7 Å². The van der Waals surface area contributed by atoms with Gasteiger partial charge in [-0.3, -0.25) is 18.6 Å². The molecule has 0 amide bonds. The lowest BCUT2D eigenvalue weighted by atomic mass is 10.0. The van der Waals surface area contributed by atoms with Crippen molar-refractivity contribution in [3.8, 4) is 0 Å². The van der Waals surface area contributed by atoms with Crippen molar-refractivity contribution in [3.05, 3.63) is 134 Å². The number of nitrogens with zero attached hydrogens (tertiary/aromatic N) is 1. The van der Waals surface area contributed by atoms with E-state index < -0.39 is 26.5 Å². The Morgan fingerprint density at radius 2 is 0.679 bits per heavy atom. The number of likely N-dealkylation sites (N-methyl/N-ethyl adjacent to an activating group) is 1. The number of phosphoric ester groups is 1. The summed E-state index contributed by atoms with van der Waals surface area (Å²) in [6.07, 6.45) is 92.7. The highest BCUT2D eigenvalue weighted by molar-refractivity contribution is 7.47. The molecule has 0 aliphatic rings. The summed E-state index contributed by atoms with van der Waals surface area (Å²) in [6.45, 7) is 4.28. The third-order valence-corrected chi connectivity index (χ3v) is 15.1. The summed E-state index contributed by atoms with van der Waals surface area (Å²) < 4.78 is 34.6. The van der Waals surface area contributed by atoms with Crippen molar-refractivity contribution in [3.63, 3.8) is 0 Å². The van der Waals surface area contributed by atoms with Gasteiger partial charge in [-0.15, -0.1) is 0 Å². The minimum atomic E-state index is -4.41. The molecule has 0 aliphatic heterocycles. The number of rotatable bonds is 61. The van der Waals surface area contributed by atoms with Crippen LogP contribution in [0.2, 0.25) is 0 Å². The molecule has 1 N–H and O–H groups in total. The van der Waals surface area contributed by atoms with Gasteiger partial charge < -0.3 is 18.9 Å². The minimum Gasteiger partial charge on any atom is -0.462 e. The SMILES string of the molecule is CC/C=C\C/C=C\C/C=C\C/C=C\C/C=C\C/C=C\C/C=C\C/C=C\C/C=C\C/C=C\CCCCC(=O)OC(COC(=O)CCCCCCCCCCCCCCCCC/C=C\CCCCCCCCCC)COP(=O)(O)OCC[N+](C)(C)C. The maximum atomic E-state index is 12.8. The van der Waals surface area contributed by atoms with Crippen molar-refractivity contribution in [2.24, 2.45) is 0 Å². The first kappa shape index (κ1) is 80.2. The van der Waals surface area contributed by atoms with Crippen molar-refractivity contribution in [1.29, 1.82) is 0 Å². The van der Waals surface area contributed by atoms with E-state index in [1.54, 1.807) is 0 Å². The smallest absolute Gasteiger partial charge is 0.462 e. The first-order chi connectivity index (χ1) is 41.0. The van der Waals surface area contributed by atoms with E-state index in [-0.39, 0.29) is 32.0 Å². The molecule has 0 radical (unpaired) electrons. The Labute approximate surface area is 517 Å². The molecule has 0 aromatic carbocycles. The second kappa shape index (κ2) is 63.6. The Bertz CT molecular complexity index is 1880. The molecule has 480 valence electrons. The van der Waals surface area contributed by atoms with Crippen molar-refractivity contribution in [2.75, 3.05) is 47.5 Å². The fourth-order valence-electron chi connectivity index (χ4n) is 8.98. The molecule has 0 saturated carbocycles. The lowest BCUT2D eigenvalue weighted by molar-refractivity contribution is -0.870. The van der Waals surface area contributed by atoms with Crippen molar-refractivity contribution in [1.82, 2.24) is 0 Å². The third kappa shape index (κ3) is 67.3. The number of carbonyl (C=O) groups is 2. The molecule has 0 spiro atoms. The molecule has 2 atom stereocenters. The number of quaternary nitrogens is 1. The first-order valence-corrected chi connectivity index (χ1v) is 35.4. The van der Waals surface area contributed by atoms with Crippen LogP contribution in [0.1, 0.15) is 271 Å². The van der Waals surface area contributed by atoms with E-state index in [1.807, 2.05) is 21.1 Å². The van der Waals surface area contributed by atoms with Crippen molar-refractivity contribution < 1.29 is 42.1 Å². The van der Waals surface area contributed by atoms with Crippen LogP contribution in [0.3, 0.4) is 0 Å². The number of hydrogen-bond acceptors (Lipinski definition) is 7. The summed E-state index contributed by atoms with van der Waals surface area (Å²) >= 11 is 0. The summed E-state index contributed by atoms with van der Waals surface area (Å²) in [7, 11) is 1.44. The fourth-order valence-corrected chi connectivity index (χ4v) is 9.72. The van der Waals surface area contributed by atoms with Gasteiger partial charge in [0.2, 0.25) is 0 Å². The van der Waals surface area contributed by atoms with E-state index in [0.29, 0.717) is 17.4 Å². The second-order valence-corrected chi connectivity index (χ2v) is 24.9. The molecule has 0 saturated heterocycles. The molecule has 0 aliphatic carbocycles. The molecular formula is C74H127NO8P+. The van der Waals surface area contributed by atoms with Crippen molar-refractivity contribution >= 4 is 19.8 Å². The predicted molar refractivity (Wildman–Crippen MR) is 362 cm³/mol. The van der Waals surface area contributed by atoms with Crippen LogP contribution < -0.4 is 0 Å². The van der Waals surface area contributed by atoms with Gasteiger partial charge in [-0.05, 0) is 116 Å². The number of allylic oxidation sites excluding steroid dienone is 22. The number of hydrogen-bond donors (Lipinski definition) is 1. The highest BCUT2D eigenvalue weighted by atomic mass is 31.2. The normalized spacial score (nSPS) is 14.0. The zero-order valence-electron chi connectivity index (χ0n) is 54.6. The van der Waals surface area contributed by atoms with Gasteiger partial charge in [-0.25, -0.2) is 4.57 Å². The molecule has 84 heavy (non-hydrogen) atoms. The van der Waals surface area contributed by atoms with Gasteiger partial charge in [-0.2, -0.15) is 0 Å². The summed E-state index contributed by atoms with van der Waals surface area (Å²) in [5.74, 6) is -0.851. The summed E-state index contributed by atoms with van der Waals surface area (Å²) in [5, 5.41) is 0. The van der Waals surface area contributed by atoms with Gasteiger partial charge >= 0.3 is 19.8 Å². The van der Waals surface area contributed by atoms with E-state index in [9.17, 15) is 19.0 Å². The number of phosphoric acid groups is 1. The monoisotopic (exact) mass is 1190 g/mol. The average molecular weight is 1190 g/mol. The van der Waals surface area contributed by atoms with Gasteiger partial charge in [0.15, 0.2) is 6.10 Å². The van der Waals surface area contributed by atoms with Gasteiger partial charge in [-0.1, -0.05) is 276 Å². The quantitative estimate of drug-likeness (QED) is 0.0211. The fraction of sp³-hybridized carbons (Fsp3) is 0.676. The predicted octanol–water partition coefficient (Wildman–Crippen LogP) is 22.0. The van der Waals surface area contributed by atoms with Gasteiger partial charge in [0, 0.05) is 12.8 Å². The van der Waals surface area contributed by atoms with Crippen LogP contribution in [0.4, 0.5) is 0 Å². The van der Waals surface area contributed by atoms with Gasteiger partial charge in [0.25, 0.3) is 0 Å². The van der Waals surface area contributed by atoms with Crippen LogP contribution in [0.25, 0.3) is 0 Å². The van der Waals surface area contributed by atoms with Crippen LogP contribution >= 0.6 is 7.82 Å². The first-order valence-electron chi connectivity index (χ1n) is 33.9. The summed E-state index contributed by atoms with van der Waals surface area (Å²) in [4.78, 5) is 35.8. The van der Waals surface area contributed by atoms with Crippen LogP contribution in [0.15, 0.2) is 134 Å². The molecule has 0 bridgehead atoms. The zero-order chi connectivity index (χ0) is 61.2. The molecule has 2 unspecified atom stereocenters. The van der Waals surface area contributed by atoms with E-state index in [0.717, 1.165) is 96.3 Å². The number of carbonyl (C=O) groups excluding carboxylic acids is 2. The van der Waals surface area contributed by atoms with Crippen LogP contribution in [-0.4, -0.2) is 74.9 Å². The highest BCUT2D eigenvalue weighted by Crippen LogP contribution is 2.43. The standard InChI is InChI=1S/C74H126NO8P/c1-6-8-10-12-14-16-18-20-22-24-26-28-30-32-34-35-36-37-38-39-41-43-45-47-49-51-53-55-57-59-61-63-65-67-74(77)83-72(71-82-84(78,79)81-69-68-75(3,4)5)70-80-73(76)66-64-62-60-58-56-54-52-50-48-46-44-42-40-33-31-29-27-25-23-21-19-17-15-13-11-9-7-2/h8,10,14,16,20,22,25-28,32,34,36-37,39,41,45,47,51,53,57,59,72H,6-7,9,11-13,15,17-19,21,23-24,29-31,33,35,38,40,42-44,46,48-50,52,54-56,58,60-71H2,1-5H3/p+1/b10-8-,16-14-,22-20-,27-25-,28-26-,34-32-,37-36-,41-39-,47-45-,53-51-,59-57-. The highest BCUT2D eigenvalue weighted by Gasteiger charge is 2.27. The number of ether oxygens (including phenoxy) is 2. The number of unbranched alkanes of at least 4 members (excludes halogenated alkanes) is 25. The molecule has 0 rings (SSSR count). The average Bonchev–Trinajstić information content (AvgIpc) is 3.61. The number of esters is 2. The Morgan fingerprint density at radius 3 is 1.05 bits per heavy atom. The maximum Gasteiger partial charge on any atom is 0.472 e.